The van der Waals surface area contributed by atoms with Gasteiger partial charge in [-0.25, -0.2) is 0 Å². The summed E-state index contributed by atoms with van der Waals surface area (Å²) in [6.07, 6.45) is 2.96. The third-order valence-electron chi connectivity index (χ3n) is 4.22. The number of carbonyl (C=O) groups is 2. The van der Waals surface area contributed by atoms with Crippen LogP contribution in [-0.2, 0) is 9.59 Å². The van der Waals surface area contributed by atoms with E-state index in [1.54, 1.807) is 6.92 Å². The average Bonchev–Trinajstić information content (AvgIpc) is 2.22. The van der Waals surface area contributed by atoms with Gasteiger partial charge in [0.25, 0.3) is 0 Å². The smallest absolute Gasteiger partial charge is 0.225 e. The number of amides is 2. The third-order valence-corrected chi connectivity index (χ3v) is 4.22. The van der Waals surface area contributed by atoms with E-state index in [2.05, 4.69) is 31.4 Å². The second-order valence-corrected chi connectivity index (χ2v) is 8.89. The molecule has 4 heteroatoms. The third kappa shape index (κ3) is 5.68. The molecule has 0 radical (unpaired) electrons. The van der Waals surface area contributed by atoms with Crippen molar-refractivity contribution in [3.8, 4) is 0 Å². The van der Waals surface area contributed by atoms with Crippen LogP contribution < -0.4 is 10.6 Å². The van der Waals surface area contributed by atoms with Crippen molar-refractivity contribution in [2.24, 2.45) is 16.2 Å². The number of hydrogen-bond donors (Lipinski definition) is 2. The highest BCUT2D eigenvalue weighted by molar-refractivity contribution is 5.81. The van der Waals surface area contributed by atoms with Crippen molar-refractivity contribution in [2.75, 3.05) is 6.54 Å². The minimum Gasteiger partial charge on any atom is -0.356 e. The summed E-state index contributed by atoms with van der Waals surface area (Å²) < 4.78 is 0. The molecule has 2 atom stereocenters. The number of nitrogens with one attached hydrogen (secondary N) is 2. The van der Waals surface area contributed by atoms with Gasteiger partial charge in [0.05, 0.1) is 0 Å². The van der Waals surface area contributed by atoms with Crippen molar-refractivity contribution in [2.45, 2.75) is 73.8 Å². The highest BCUT2D eigenvalue weighted by Crippen LogP contribution is 2.45. The molecule has 2 amide bonds. The Labute approximate surface area is 129 Å². The fourth-order valence-corrected chi connectivity index (χ4v) is 3.61. The summed E-state index contributed by atoms with van der Waals surface area (Å²) in [5.41, 5.74) is -0.166. The van der Waals surface area contributed by atoms with Crippen LogP contribution in [0.25, 0.3) is 0 Å². The Bertz CT molecular complexity index is 410. The topological polar surface area (TPSA) is 58.2 Å². The molecule has 0 aromatic heterocycles. The van der Waals surface area contributed by atoms with E-state index in [4.69, 9.17) is 0 Å². The van der Waals surface area contributed by atoms with Crippen LogP contribution in [0.15, 0.2) is 0 Å². The molecule has 1 aliphatic carbocycles. The van der Waals surface area contributed by atoms with Crippen molar-refractivity contribution >= 4 is 11.8 Å². The van der Waals surface area contributed by atoms with E-state index in [0.717, 1.165) is 19.3 Å². The SMILES string of the molecule is CC(=O)NCC1(C)CC(NC(=O)C(C)(C)C)CC(C)(C)C1. The molecule has 0 spiro atoms. The predicted octanol–water partition coefficient (Wildman–Crippen LogP) is 2.87. The quantitative estimate of drug-likeness (QED) is 0.841. The molecule has 0 heterocycles. The van der Waals surface area contributed by atoms with Gasteiger partial charge in [-0.2, -0.15) is 0 Å². The fraction of sp³-hybridized carbons (Fsp3) is 0.882. The maximum atomic E-state index is 12.2. The van der Waals surface area contributed by atoms with Crippen LogP contribution in [0.4, 0.5) is 0 Å². The van der Waals surface area contributed by atoms with Gasteiger partial charge in [-0.3, -0.25) is 9.59 Å². The molecule has 1 rings (SSSR count). The zero-order chi connectivity index (χ0) is 16.5. The minimum atomic E-state index is -0.365. The van der Waals surface area contributed by atoms with Crippen LogP contribution >= 0.6 is 0 Å². The van der Waals surface area contributed by atoms with Crippen LogP contribution in [0.3, 0.4) is 0 Å². The molecule has 0 saturated heterocycles. The summed E-state index contributed by atoms with van der Waals surface area (Å²) in [6, 6.07) is 0.180. The van der Waals surface area contributed by atoms with Gasteiger partial charge in [-0.05, 0) is 30.1 Å². The van der Waals surface area contributed by atoms with Crippen LogP contribution in [-0.4, -0.2) is 24.4 Å². The van der Waals surface area contributed by atoms with Gasteiger partial charge in [0.2, 0.25) is 11.8 Å². The molecule has 0 aromatic rings. The summed E-state index contributed by atoms with van der Waals surface area (Å²) in [7, 11) is 0. The summed E-state index contributed by atoms with van der Waals surface area (Å²) in [5.74, 6) is 0.113. The first kappa shape index (κ1) is 18.0. The standard InChI is InChI=1S/C17H32N2O2/c1-12(20)18-11-17(7)9-13(8-16(5,6)10-17)19-14(21)15(2,3)4/h13H,8-11H2,1-7H3,(H,18,20)(H,19,21). The number of carbonyl (C=O) groups excluding carboxylic acids is 2. The Morgan fingerprint density at radius 3 is 2.19 bits per heavy atom. The molecule has 0 bridgehead atoms. The van der Waals surface area contributed by atoms with Crippen LogP contribution in [0.2, 0.25) is 0 Å². The molecule has 0 aliphatic heterocycles. The molecule has 0 aromatic carbocycles. The van der Waals surface area contributed by atoms with Gasteiger partial charge in [-0.15, -0.1) is 0 Å². The van der Waals surface area contributed by atoms with Crippen molar-refractivity contribution < 1.29 is 9.59 Å². The van der Waals surface area contributed by atoms with E-state index >= 15 is 0 Å². The second kappa shape index (κ2) is 5.98. The molecule has 2 N–H and O–H groups in total. The van der Waals surface area contributed by atoms with Gasteiger partial charge in [0.15, 0.2) is 0 Å². The maximum absolute atomic E-state index is 12.2. The van der Waals surface area contributed by atoms with Crippen molar-refractivity contribution in [1.29, 1.82) is 0 Å². The van der Waals surface area contributed by atoms with Crippen molar-refractivity contribution in [3.05, 3.63) is 0 Å². The van der Waals surface area contributed by atoms with Crippen LogP contribution in [0.1, 0.15) is 67.7 Å². The Kier molecular flexibility index (Phi) is 5.12. The van der Waals surface area contributed by atoms with E-state index in [1.165, 1.54) is 0 Å². The minimum absolute atomic E-state index is 0.00915. The highest BCUT2D eigenvalue weighted by atomic mass is 16.2. The molecule has 1 aliphatic rings. The van der Waals surface area contributed by atoms with Gasteiger partial charge < -0.3 is 10.6 Å². The Balaban J connectivity index is 2.78. The van der Waals surface area contributed by atoms with Crippen LogP contribution in [0.5, 0.6) is 0 Å². The monoisotopic (exact) mass is 296 g/mol. The first-order chi connectivity index (χ1) is 9.33. The summed E-state index contributed by atoms with van der Waals surface area (Å²) in [5, 5.41) is 6.15. The fourth-order valence-electron chi connectivity index (χ4n) is 3.61. The van der Waals surface area contributed by atoms with E-state index in [0.29, 0.717) is 6.54 Å². The zero-order valence-electron chi connectivity index (χ0n) is 14.7. The summed E-state index contributed by atoms with van der Waals surface area (Å²) >= 11 is 0. The highest BCUT2D eigenvalue weighted by Gasteiger charge is 2.42. The Morgan fingerprint density at radius 2 is 1.71 bits per heavy atom. The molecule has 122 valence electrons. The lowest BCUT2D eigenvalue weighted by Crippen LogP contribution is -2.52. The normalized spacial score (nSPS) is 28.8. The predicted molar refractivity (Wildman–Crippen MR) is 85.8 cm³/mol. The first-order valence-corrected chi connectivity index (χ1v) is 7.88. The maximum Gasteiger partial charge on any atom is 0.225 e. The van der Waals surface area contributed by atoms with E-state index in [1.807, 2.05) is 20.8 Å². The van der Waals surface area contributed by atoms with Crippen molar-refractivity contribution in [1.82, 2.24) is 10.6 Å². The lowest BCUT2D eigenvalue weighted by Gasteiger charge is -2.47. The van der Waals surface area contributed by atoms with E-state index in [-0.39, 0.29) is 34.1 Å². The van der Waals surface area contributed by atoms with E-state index < -0.39 is 0 Å². The molecule has 1 saturated carbocycles. The number of rotatable bonds is 3. The molecular weight excluding hydrogens is 264 g/mol. The molecule has 1 fully saturated rings. The molecule has 2 unspecified atom stereocenters. The first-order valence-electron chi connectivity index (χ1n) is 7.88. The van der Waals surface area contributed by atoms with E-state index in [9.17, 15) is 9.59 Å². The lowest BCUT2D eigenvalue weighted by atomic mass is 9.62. The largest absolute Gasteiger partial charge is 0.356 e. The Hall–Kier alpha value is -1.06. The molecule has 4 nitrogen and oxygen atoms in total. The summed E-state index contributed by atoms with van der Waals surface area (Å²) in [6.45, 7) is 14.7. The summed E-state index contributed by atoms with van der Waals surface area (Å²) in [4.78, 5) is 23.4. The van der Waals surface area contributed by atoms with Gasteiger partial charge in [0.1, 0.15) is 0 Å². The zero-order valence-corrected chi connectivity index (χ0v) is 14.7. The molecule has 21 heavy (non-hydrogen) atoms. The number of hydrogen-bond acceptors (Lipinski definition) is 2. The Morgan fingerprint density at radius 1 is 1.14 bits per heavy atom. The van der Waals surface area contributed by atoms with Gasteiger partial charge in [-0.1, -0.05) is 41.5 Å². The average molecular weight is 296 g/mol. The second-order valence-electron chi connectivity index (χ2n) is 8.89. The van der Waals surface area contributed by atoms with Gasteiger partial charge in [0, 0.05) is 24.9 Å². The van der Waals surface area contributed by atoms with Crippen LogP contribution in [0, 0.1) is 16.2 Å². The molecular formula is C17H32N2O2. The lowest BCUT2D eigenvalue weighted by molar-refractivity contribution is -0.130. The van der Waals surface area contributed by atoms with Gasteiger partial charge >= 0.3 is 0 Å². The van der Waals surface area contributed by atoms with Crippen molar-refractivity contribution in [3.63, 3.8) is 0 Å².